The van der Waals surface area contributed by atoms with Gasteiger partial charge in [-0.15, -0.1) is 11.3 Å². The molecule has 0 aliphatic carbocycles. The number of aliphatic carboxylic acids is 1. The maximum atomic E-state index is 11.7. The van der Waals surface area contributed by atoms with Crippen LogP contribution in [0.15, 0.2) is 17.5 Å². The first-order valence-corrected chi connectivity index (χ1v) is 7.23. The fourth-order valence-corrected chi connectivity index (χ4v) is 2.59. The number of thiophene rings is 1. The first-order valence-electron chi connectivity index (χ1n) is 6.35. The standard InChI is InChI=1S/C13H20N2O3S/c1-3-5-11(12(16)17)15-13(18)14-9(2)8-10-6-4-7-19-10/h4,6-7,9,11H,3,5,8H2,1-2H3,(H,16,17)(H2,14,15,18)/t9?,11-/m0/s1. The Hall–Kier alpha value is -1.56. The van der Waals surface area contributed by atoms with Gasteiger partial charge in [-0.25, -0.2) is 9.59 Å². The zero-order chi connectivity index (χ0) is 14.3. The lowest BCUT2D eigenvalue weighted by molar-refractivity contribution is -0.139. The van der Waals surface area contributed by atoms with E-state index in [1.165, 1.54) is 4.88 Å². The van der Waals surface area contributed by atoms with Crippen molar-refractivity contribution in [1.82, 2.24) is 10.6 Å². The monoisotopic (exact) mass is 284 g/mol. The van der Waals surface area contributed by atoms with Crippen molar-refractivity contribution in [2.45, 2.75) is 45.2 Å². The van der Waals surface area contributed by atoms with E-state index in [4.69, 9.17) is 5.11 Å². The van der Waals surface area contributed by atoms with Crippen LogP contribution in [-0.4, -0.2) is 29.2 Å². The third-order valence-corrected chi connectivity index (χ3v) is 3.54. The summed E-state index contributed by atoms with van der Waals surface area (Å²) in [6.07, 6.45) is 1.89. The van der Waals surface area contributed by atoms with E-state index in [0.717, 1.165) is 6.42 Å². The molecule has 0 aromatic carbocycles. The van der Waals surface area contributed by atoms with E-state index >= 15 is 0 Å². The zero-order valence-corrected chi connectivity index (χ0v) is 12.0. The summed E-state index contributed by atoms with van der Waals surface area (Å²) in [7, 11) is 0. The summed E-state index contributed by atoms with van der Waals surface area (Å²) in [4.78, 5) is 23.8. The van der Waals surface area contributed by atoms with Crippen LogP contribution >= 0.6 is 11.3 Å². The number of rotatable bonds is 7. The summed E-state index contributed by atoms with van der Waals surface area (Å²) in [5, 5.41) is 16.2. The Bertz CT molecular complexity index is 406. The number of amides is 2. The van der Waals surface area contributed by atoms with Gasteiger partial charge in [0.15, 0.2) is 0 Å². The van der Waals surface area contributed by atoms with Gasteiger partial charge in [-0.2, -0.15) is 0 Å². The fraction of sp³-hybridized carbons (Fsp3) is 0.538. The van der Waals surface area contributed by atoms with Crippen LogP contribution < -0.4 is 10.6 Å². The van der Waals surface area contributed by atoms with Gasteiger partial charge in [0.2, 0.25) is 0 Å². The third-order valence-electron chi connectivity index (χ3n) is 2.65. The summed E-state index contributed by atoms with van der Waals surface area (Å²) >= 11 is 1.64. The number of carboxylic acid groups (broad SMARTS) is 1. The summed E-state index contributed by atoms with van der Waals surface area (Å²) < 4.78 is 0. The molecule has 19 heavy (non-hydrogen) atoms. The van der Waals surface area contributed by atoms with Crippen molar-refractivity contribution in [2.24, 2.45) is 0 Å². The SMILES string of the molecule is CCC[C@H](NC(=O)NC(C)Cc1cccs1)C(=O)O. The summed E-state index contributed by atoms with van der Waals surface area (Å²) in [6, 6.07) is 2.70. The Labute approximate surface area is 117 Å². The van der Waals surface area contributed by atoms with E-state index in [0.29, 0.717) is 12.8 Å². The third kappa shape index (κ3) is 5.74. The average molecular weight is 284 g/mol. The number of carboxylic acids is 1. The molecule has 0 aliphatic heterocycles. The minimum atomic E-state index is -0.997. The lowest BCUT2D eigenvalue weighted by Crippen LogP contribution is -2.48. The van der Waals surface area contributed by atoms with Crippen LogP contribution in [0, 0.1) is 0 Å². The summed E-state index contributed by atoms with van der Waals surface area (Å²) in [5.74, 6) is -0.997. The number of hydrogen-bond acceptors (Lipinski definition) is 3. The molecule has 0 saturated heterocycles. The Morgan fingerprint density at radius 2 is 2.16 bits per heavy atom. The van der Waals surface area contributed by atoms with Gasteiger partial charge in [-0.05, 0) is 24.8 Å². The number of carbonyl (C=O) groups is 2. The molecule has 1 heterocycles. The summed E-state index contributed by atoms with van der Waals surface area (Å²) in [5.41, 5.74) is 0. The van der Waals surface area contributed by atoms with Gasteiger partial charge in [0.1, 0.15) is 6.04 Å². The van der Waals surface area contributed by atoms with Crippen LogP contribution in [0.3, 0.4) is 0 Å². The highest BCUT2D eigenvalue weighted by Gasteiger charge is 2.19. The minimum Gasteiger partial charge on any atom is -0.480 e. The molecule has 0 saturated carbocycles. The predicted molar refractivity (Wildman–Crippen MR) is 75.5 cm³/mol. The van der Waals surface area contributed by atoms with Gasteiger partial charge in [-0.1, -0.05) is 19.4 Å². The smallest absolute Gasteiger partial charge is 0.326 e. The van der Waals surface area contributed by atoms with Gasteiger partial charge in [0, 0.05) is 17.3 Å². The molecule has 0 fully saturated rings. The molecule has 106 valence electrons. The van der Waals surface area contributed by atoms with E-state index in [9.17, 15) is 9.59 Å². The molecule has 1 aromatic rings. The molecular formula is C13H20N2O3S. The highest BCUT2D eigenvalue weighted by atomic mass is 32.1. The molecule has 6 heteroatoms. The van der Waals surface area contributed by atoms with Gasteiger partial charge < -0.3 is 15.7 Å². The van der Waals surface area contributed by atoms with Crippen LogP contribution in [-0.2, 0) is 11.2 Å². The molecule has 2 amide bonds. The first kappa shape index (κ1) is 15.5. The number of urea groups is 1. The number of nitrogens with one attached hydrogen (secondary N) is 2. The predicted octanol–water partition coefficient (Wildman–Crippen LogP) is 2.23. The quantitative estimate of drug-likeness (QED) is 0.718. The second kappa shape index (κ2) is 7.78. The molecule has 0 radical (unpaired) electrons. The molecule has 5 nitrogen and oxygen atoms in total. The molecular weight excluding hydrogens is 264 g/mol. The molecule has 0 spiro atoms. The first-order chi connectivity index (χ1) is 9.02. The maximum Gasteiger partial charge on any atom is 0.326 e. The van der Waals surface area contributed by atoms with Gasteiger partial charge in [-0.3, -0.25) is 0 Å². The molecule has 1 rings (SSSR count). The van der Waals surface area contributed by atoms with Crippen molar-refractivity contribution in [3.05, 3.63) is 22.4 Å². The second-order valence-electron chi connectivity index (χ2n) is 4.48. The number of carbonyl (C=O) groups excluding carboxylic acids is 1. The Kier molecular flexibility index (Phi) is 6.35. The molecule has 3 N–H and O–H groups in total. The zero-order valence-electron chi connectivity index (χ0n) is 11.2. The molecule has 1 unspecified atom stereocenters. The fourth-order valence-electron chi connectivity index (χ4n) is 1.75. The van der Waals surface area contributed by atoms with Crippen molar-refractivity contribution in [1.29, 1.82) is 0 Å². The Morgan fingerprint density at radius 3 is 2.68 bits per heavy atom. The van der Waals surface area contributed by atoms with Gasteiger partial charge in [0.25, 0.3) is 0 Å². The lowest BCUT2D eigenvalue weighted by atomic mass is 10.2. The largest absolute Gasteiger partial charge is 0.480 e. The van der Waals surface area contributed by atoms with E-state index in [1.54, 1.807) is 11.3 Å². The van der Waals surface area contributed by atoms with Crippen molar-refractivity contribution in [3.63, 3.8) is 0 Å². The highest BCUT2D eigenvalue weighted by Crippen LogP contribution is 2.10. The van der Waals surface area contributed by atoms with Crippen molar-refractivity contribution >= 4 is 23.3 Å². The normalized spacial score (nSPS) is 13.6. The van der Waals surface area contributed by atoms with Crippen LogP contribution in [0.1, 0.15) is 31.6 Å². The average Bonchev–Trinajstić information content (AvgIpc) is 2.80. The van der Waals surface area contributed by atoms with E-state index in [-0.39, 0.29) is 6.04 Å². The van der Waals surface area contributed by atoms with E-state index in [2.05, 4.69) is 10.6 Å². The van der Waals surface area contributed by atoms with Gasteiger partial charge in [0.05, 0.1) is 0 Å². The minimum absolute atomic E-state index is 0.0327. The van der Waals surface area contributed by atoms with E-state index < -0.39 is 18.0 Å². The van der Waals surface area contributed by atoms with Crippen LogP contribution in [0.2, 0.25) is 0 Å². The molecule has 0 aliphatic rings. The van der Waals surface area contributed by atoms with E-state index in [1.807, 2.05) is 31.4 Å². The van der Waals surface area contributed by atoms with Crippen molar-refractivity contribution in [2.75, 3.05) is 0 Å². The van der Waals surface area contributed by atoms with Crippen LogP contribution in [0.5, 0.6) is 0 Å². The van der Waals surface area contributed by atoms with Crippen LogP contribution in [0.4, 0.5) is 4.79 Å². The lowest BCUT2D eigenvalue weighted by Gasteiger charge is -2.17. The molecule has 1 aromatic heterocycles. The summed E-state index contributed by atoms with van der Waals surface area (Å²) in [6.45, 7) is 3.78. The van der Waals surface area contributed by atoms with Gasteiger partial charge >= 0.3 is 12.0 Å². The molecule has 0 bridgehead atoms. The van der Waals surface area contributed by atoms with Crippen molar-refractivity contribution < 1.29 is 14.7 Å². The second-order valence-corrected chi connectivity index (χ2v) is 5.51. The van der Waals surface area contributed by atoms with Crippen LogP contribution in [0.25, 0.3) is 0 Å². The number of hydrogen-bond donors (Lipinski definition) is 3. The van der Waals surface area contributed by atoms with Crippen molar-refractivity contribution in [3.8, 4) is 0 Å². The maximum absolute atomic E-state index is 11.7. The Balaban J connectivity index is 2.38. The Morgan fingerprint density at radius 1 is 1.42 bits per heavy atom. The highest BCUT2D eigenvalue weighted by molar-refractivity contribution is 7.09. The topological polar surface area (TPSA) is 78.4 Å². The molecule has 2 atom stereocenters.